The first-order valence-electron chi connectivity index (χ1n) is 5.07. The van der Waals surface area contributed by atoms with E-state index in [0.29, 0.717) is 0 Å². The molecule has 2 N–H and O–H groups in total. The van der Waals surface area contributed by atoms with Gasteiger partial charge in [0.05, 0.1) is 18.6 Å². The maximum absolute atomic E-state index is 12.9. The number of carbonyl (C=O) groups is 1. The zero-order chi connectivity index (χ0) is 13.9. The maximum Gasteiger partial charge on any atom is 0.418 e. The van der Waals surface area contributed by atoms with Gasteiger partial charge < -0.3 is 10.5 Å². The number of nitrogen functional groups attached to an aromatic ring is 1. The van der Waals surface area contributed by atoms with Crippen LogP contribution in [0.25, 0.3) is 0 Å². The Morgan fingerprint density at radius 1 is 1.44 bits per heavy atom. The molecule has 0 aliphatic heterocycles. The summed E-state index contributed by atoms with van der Waals surface area (Å²) < 4.78 is 43.4. The molecule has 0 aliphatic carbocycles. The van der Waals surface area contributed by atoms with E-state index in [2.05, 4.69) is 20.7 Å². The normalized spacial score (nSPS) is 11.4. The summed E-state index contributed by atoms with van der Waals surface area (Å²) in [6, 6.07) is 2.51. The van der Waals surface area contributed by atoms with Crippen molar-refractivity contribution < 1.29 is 22.7 Å². The average molecular weight is 326 g/mol. The zero-order valence-electron chi connectivity index (χ0n) is 9.47. The Bertz CT molecular complexity index is 460. The number of esters is 1. The van der Waals surface area contributed by atoms with E-state index in [1.54, 1.807) is 6.92 Å². The van der Waals surface area contributed by atoms with Gasteiger partial charge in [0.2, 0.25) is 0 Å². The van der Waals surface area contributed by atoms with Gasteiger partial charge in [0.1, 0.15) is 0 Å². The standard InChI is InChI=1S/C11H11BrF3NO2/c1-2-18-9(17)5-6-7(12)3-4-8(16)10(6)11(13,14)15/h3-4H,2,5,16H2,1H3. The van der Waals surface area contributed by atoms with E-state index in [0.717, 1.165) is 6.07 Å². The lowest BCUT2D eigenvalue weighted by Gasteiger charge is -2.16. The molecule has 0 atom stereocenters. The molecule has 0 heterocycles. The molecule has 1 aromatic carbocycles. The molecule has 7 heteroatoms. The lowest BCUT2D eigenvalue weighted by atomic mass is 10.0. The smallest absolute Gasteiger partial charge is 0.418 e. The van der Waals surface area contributed by atoms with Crippen molar-refractivity contribution in [2.75, 3.05) is 12.3 Å². The molecule has 3 nitrogen and oxygen atoms in total. The van der Waals surface area contributed by atoms with Crippen LogP contribution >= 0.6 is 15.9 Å². The number of nitrogens with two attached hydrogens (primary N) is 1. The number of anilines is 1. The van der Waals surface area contributed by atoms with Crippen molar-refractivity contribution >= 4 is 27.6 Å². The number of ether oxygens (including phenoxy) is 1. The predicted molar refractivity (Wildman–Crippen MR) is 63.9 cm³/mol. The maximum atomic E-state index is 12.9. The van der Waals surface area contributed by atoms with Crippen LogP contribution in [0.4, 0.5) is 18.9 Å². The first-order valence-corrected chi connectivity index (χ1v) is 5.86. The van der Waals surface area contributed by atoms with Crippen molar-refractivity contribution in [3.05, 3.63) is 27.7 Å². The minimum atomic E-state index is -4.62. The third kappa shape index (κ3) is 3.38. The second-order valence-electron chi connectivity index (χ2n) is 3.47. The fraction of sp³-hybridized carbons (Fsp3) is 0.364. The third-order valence-electron chi connectivity index (χ3n) is 2.20. The molecule has 18 heavy (non-hydrogen) atoms. The number of hydrogen-bond donors (Lipinski definition) is 1. The Kier molecular flexibility index (Phi) is 4.61. The number of alkyl halides is 3. The molecule has 0 amide bonds. The van der Waals surface area contributed by atoms with Gasteiger partial charge in [0, 0.05) is 10.2 Å². The highest BCUT2D eigenvalue weighted by Crippen LogP contribution is 2.39. The van der Waals surface area contributed by atoms with Gasteiger partial charge in [-0.2, -0.15) is 13.2 Å². The highest BCUT2D eigenvalue weighted by Gasteiger charge is 2.37. The Hall–Kier alpha value is -1.24. The second-order valence-corrected chi connectivity index (χ2v) is 4.32. The van der Waals surface area contributed by atoms with E-state index in [-0.39, 0.29) is 16.6 Å². The van der Waals surface area contributed by atoms with Crippen LogP contribution in [0.1, 0.15) is 18.1 Å². The van der Waals surface area contributed by atoms with Crippen molar-refractivity contribution in [2.24, 2.45) is 0 Å². The molecule has 0 bridgehead atoms. The number of benzene rings is 1. The summed E-state index contributed by atoms with van der Waals surface area (Å²) in [4.78, 5) is 11.3. The van der Waals surface area contributed by atoms with Crippen molar-refractivity contribution in [3.63, 3.8) is 0 Å². The number of halogens is 4. The van der Waals surface area contributed by atoms with Gasteiger partial charge >= 0.3 is 12.1 Å². The van der Waals surface area contributed by atoms with Crippen LogP contribution in [-0.2, 0) is 22.1 Å². The van der Waals surface area contributed by atoms with E-state index < -0.39 is 29.8 Å². The van der Waals surface area contributed by atoms with Gasteiger partial charge in [-0.1, -0.05) is 15.9 Å². The molecule has 100 valence electrons. The molecule has 1 aromatic rings. The molecule has 0 fully saturated rings. The molecular weight excluding hydrogens is 315 g/mol. The molecule has 1 rings (SSSR count). The van der Waals surface area contributed by atoms with E-state index in [4.69, 9.17) is 5.73 Å². The second kappa shape index (κ2) is 5.60. The third-order valence-corrected chi connectivity index (χ3v) is 2.94. The van der Waals surface area contributed by atoms with Crippen LogP contribution in [0.5, 0.6) is 0 Å². The Balaban J connectivity index is 3.24. The quantitative estimate of drug-likeness (QED) is 0.686. The Labute approximate surface area is 110 Å². The molecule has 0 spiro atoms. The Morgan fingerprint density at radius 2 is 2.06 bits per heavy atom. The first-order chi connectivity index (χ1) is 8.27. The first kappa shape index (κ1) is 14.8. The molecule has 0 aromatic heterocycles. The van der Waals surface area contributed by atoms with Crippen molar-refractivity contribution in [1.82, 2.24) is 0 Å². The molecule has 0 unspecified atom stereocenters. The van der Waals surface area contributed by atoms with Crippen LogP contribution in [0.3, 0.4) is 0 Å². The van der Waals surface area contributed by atoms with E-state index in [1.165, 1.54) is 6.07 Å². The van der Waals surface area contributed by atoms with E-state index >= 15 is 0 Å². The van der Waals surface area contributed by atoms with Crippen LogP contribution in [-0.4, -0.2) is 12.6 Å². The molecule has 0 saturated carbocycles. The summed E-state index contributed by atoms with van der Waals surface area (Å²) in [5.74, 6) is -0.728. The topological polar surface area (TPSA) is 52.3 Å². The number of rotatable bonds is 3. The molecular formula is C11H11BrF3NO2. The molecule has 0 saturated heterocycles. The van der Waals surface area contributed by atoms with E-state index in [9.17, 15) is 18.0 Å². The lowest BCUT2D eigenvalue weighted by Crippen LogP contribution is -2.17. The van der Waals surface area contributed by atoms with Crippen LogP contribution < -0.4 is 5.73 Å². The zero-order valence-corrected chi connectivity index (χ0v) is 11.1. The summed E-state index contributed by atoms with van der Waals surface area (Å²) in [5.41, 5.74) is 3.72. The summed E-state index contributed by atoms with van der Waals surface area (Å²) >= 11 is 2.99. The molecule has 0 radical (unpaired) electrons. The van der Waals surface area contributed by atoms with Gasteiger partial charge in [0.25, 0.3) is 0 Å². The Morgan fingerprint density at radius 3 is 2.56 bits per heavy atom. The average Bonchev–Trinajstić information content (AvgIpc) is 2.22. The van der Waals surface area contributed by atoms with Crippen molar-refractivity contribution in [2.45, 2.75) is 19.5 Å². The van der Waals surface area contributed by atoms with E-state index in [1.807, 2.05) is 0 Å². The van der Waals surface area contributed by atoms with Crippen molar-refractivity contribution in [3.8, 4) is 0 Å². The molecule has 0 aliphatic rings. The van der Waals surface area contributed by atoms with Crippen LogP contribution in [0.15, 0.2) is 16.6 Å². The highest BCUT2D eigenvalue weighted by molar-refractivity contribution is 9.10. The fourth-order valence-corrected chi connectivity index (χ4v) is 1.98. The van der Waals surface area contributed by atoms with Gasteiger partial charge in [-0.25, -0.2) is 0 Å². The SMILES string of the molecule is CCOC(=O)Cc1c(Br)ccc(N)c1C(F)(F)F. The number of carbonyl (C=O) groups excluding carboxylic acids is 1. The van der Waals surface area contributed by atoms with Gasteiger partial charge in [-0.3, -0.25) is 4.79 Å². The van der Waals surface area contributed by atoms with Gasteiger partial charge in [-0.15, -0.1) is 0 Å². The predicted octanol–water partition coefficient (Wildman–Crippen LogP) is 3.16. The number of hydrogen-bond acceptors (Lipinski definition) is 3. The summed E-state index contributed by atoms with van der Waals surface area (Å²) in [6.45, 7) is 1.69. The minimum Gasteiger partial charge on any atom is -0.466 e. The van der Waals surface area contributed by atoms with Crippen LogP contribution in [0, 0.1) is 0 Å². The fourth-order valence-electron chi connectivity index (χ4n) is 1.50. The lowest BCUT2D eigenvalue weighted by molar-refractivity contribution is -0.143. The van der Waals surface area contributed by atoms with Gasteiger partial charge in [-0.05, 0) is 24.6 Å². The van der Waals surface area contributed by atoms with Crippen molar-refractivity contribution in [1.29, 1.82) is 0 Å². The monoisotopic (exact) mass is 325 g/mol. The summed E-state index contributed by atoms with van der Waals surface area (Å²) in [5, 5.41) is 0. The van der Waals surface area contributed by atoms with Crippen LogP contribution in [0.2, 0.25) is 0 Å². The highest BCUT2D eigenvalue weighted by atomic mass is 79.9. The summed E-state index contributed by atoms with van der Waals surface area (Å²) in [7, 11) is 0. The largest absolute Gasteiger partial charge is 0.466 e. The summed E-state index contributed by atoms with van der Waals surface area (Å²) in [6.07, 6.45) is -5.09. The van der Waals surface area contributed by atoms with Gasteiger partial charge in [0.15, 0.2) is 0 Å². The minimum absolute atomic E-state index is 0.111.